The van der Waals surface area contributed by atoms with Crippen LogP contribution in [0.4, 0.5) is 5.69 Å². The fraction of sp³-hybridized carbons (Fsp3) is 0.643. The van der Waals surface area contributed by atoms with E-state index in [9.17, 15) is 0 Å². The lowest BCUT2D eigenvalue weighted by Gasteiger charge is -2.42. The van der Waals surface area contributed by atoms with E-state index in [1.165, 1.54) is 19.3 Å². The fourth-order valence-electron chi connectivity index (χ4n) is 3.07. The van der Waals surface area contributed by atoms with Crippen molar-refractivity contribution in [3.63, 3.8) is 0 Å². The molecule has 1 unspecified atom stereocenters. The Morgan fingerprint density at radius 2 is 2.16 bits per heavy atom. The molecule has 0 spiro atoms. The van der Waals surface area contributed by atoms with Gasteiger partial charge in [0.25, 0.3) is 0 Å². The zero-order valence-corrected chi connectivity index (χ0v) is 11.6. The fourth-order valence-corrected chi connectivity index (χ4v) is 3.07. The zero-order chi connectivity index (χ0) is 13.7. The van der Waals surface area contributed by atoms with Crippen LogP contribution in [0.3, 0.4) is 0 Å². The number of nitrogens with two attached hydrogens (primary N) is 2. The molecule has 0 radical (unpaired) electrons. The number of hydrogen-bond acceptors (Lipinski definition) is 5. The molecule has 0 aromatic carbocycles. The molecule has 1 atom stereocenters. The predicted molar refractivity (Wildman–Crippen MR) is 76.3 cm³/mol. The molecule has 106 valence electrons. The van der Waals surface area contributed by atoms with E-state index in [1.807, 2.05) is 12.3 Å². The van der Waals surface area contributed by atoms with Gasteiger partial charge >= 0.3 is 0 Å². The van der Waals surface area contributed by atoms with E-state index >= 15 is 0 Å². The van der Waals surface area contributed by atoms with Crippen LogP contribution < -0.4 is 17.0 Å². The van der Waals surface area contributed by atoms with Crippen LogP contribution in [0.25, 0.3) is 0 Å². The Kier molecular flexibility index (Phi) is 4.74. The number of hydrogen-bond donors (Lipinski definition) is 3. The van der Waals surface area contributed by atoms with Crippen LogP contribution in [-0.2, 0) is 11.2 Å². The van der Waals surface area contributed by atoms with Crippen LogP contribution in [-0.4, -0.2) is 23.7 Å². The van der Waals surface area contributed by atoms with Crippen LogP contribution in [0.2, 0.25) is 0 Å². The number of hydrazine groups is 1. The Bertz CT molecular complexity index is 404. The highest BCUT2D eigenvalue weighted by Gasteiger charge is 2.39. The van der Waals surface area contributed by atoms with E-state index in [0.717, 1.165) is 30.5 Å². The molecule has 5 nitrogen and oxygen atoms in total. The zero-order valence-electron chi connectivity index (χ0n) is 11.6. The molecule has 1 aliphatic rings. The molecule has 0 aliphatic heterocycles. The molecule has 5 N–H and O–H groups in total. The number of pyridine rings is 1. The first-order chi connectivity index (χ1) is 9.22. The lowest BCUT2D eigenvalue weighted by molar-refractivity contribution is -0.0673. The number of nitrogens with zero attached hydrogens (tertiary/aromatic N) is 1. The topological polar surface area (TPSA) is 86.2 Å². The number of aromatic nitrogens is 1. The summed E-state index contributed by atoms with van der Waals surface area (Å²) in [6.45, 7) is 0. The quantitative estimate of drug-likeness (QED) is 0.552. The van der Waals surface area contributed by atoms with Gasteiger partial charge in [0.1, 0.15) is 0 Å². The molecular weight excluding hydrogens is 240 g/mol. The first kappa shape index (κ1) is 14.2. The van der Waals surface area contributed by atoms with Gasteiger partial charge in [0.15, 0.2) is 0 Å². The van der Waals surface area contributed by atoms with Crippen molar-refractivity contribution < 1.29 is 4.74 Å². The van der Waals surface area contributed by atoms with E-state index < -0.39 is 0 Å². The first-order valence-corrected chi connectivity index (χ1v) is 6.91. The second-order valence-corrected chi connectivity index (χ2v) is 5.33. The third-order valence-electron chi connectivity index (χ3n) is 4.31. The van der Waals surface area contributed by atoms with Gasteiger partial charge in [0, 0.05) is 25.2 Å². The molecule has 1 heterocycles. The van der Waals surface area contributed by atoms with Gasteiger partial charge < -0.3 is 10.5 Å². The first-order valence-electron chi connectivity index (χ1n) is 6.91. The summed E-state index contributed by atoms with van der Waals surface area (Å²) in [5, 5.41) is 0. The van der Waals surface area contributed by atoms with Gasteiger partial charge in [-0.1, -0.05) is 19.3 Å². The minimum Gasteiger partial charge on any atom is -0.398 e. The highest BCUT2D eigenvalue weighted by Crippen LogP contribution is 2.35. The maximum absolute atomic E-state index is 5.99. The Hall–Kier alpha value is -1.17. The van der Waals surface area contributed by atoms with Crippen molar-refractivity contribution in [2.75, 3.05) is 12.8 Å². The average molecular weight is 264 g/mol. The standard InChI is InChI=1S/C14H24N4O/c1-19-14(6-3-2-4-7-14)13(18-16)9-11-10-17-8-5-12(11)15/h5,8,10,13,18H,2-4,6-7,9,16H2,1H3,(H2,15,17). The van der Waals surface area contributed by atoms with Gasteiger partial charge in [-0.25, -0.2) is 0 Å². The second-order valence-electron chi connectivity index (χ2n) is 5.33. The minimum absolute atomic E-state index is 0.0595. The molecule has 1 fully saturated rings. The van der Waals surface area contributed by atoms with Gasteiger partial charge in [0.05, 0.1) is 11.6 Å². The smallest absolute Gasteiger partial charge is 0.0847 e. The molecule has 0 saturated heterocycles. The SMILES string of the molecule is COC1(C(Cc2cnccc2N)NN)CCCCC1. The maximum atomic E-state index is 5.99. The Morgan fingerprint density at radius 3 is 2.74 bits per heavy atom. The lowest BCUT2D eigenvalue weighted by Crippen LogP contribution is -2.56. The summed E-state index contributed by atoms with van der Waals surface area (Å²) in [5.41, 5.74) is 10.5. The highest BCUT2D eigenvalue weighted by molar-refractivity contribution is 5.44. The Balaban J connectivity index is 2.17. The molecule has 2 rings (SSSR count). The van der Waals surface area contributed by atoms with E-state index in [0.29, 0.717) is 0 Å². The summed E-state index contributed by atoms with van der Waals surface area (Å²) in [6, 6.07) is 1.88. The third-order valence-corrected chi connectivity index (χ3v) is 4.31. The van der Waals surface area contributed by atoms with Crippen LogP contribution in [0.1, 0.15) is 37.7 Å². The molecule has 1 saturated carbocycles. The molecule has 0 amide bonds. The van der Waals surface area contributed by atoms with Crippen LogP contribution >= 0.6 is 0 Å². The minimum atomic E-state index is -0.185. The molecule has 19 heavy (non-hydrogen) atoms. The molecule has 5 heteroatoms. The number of ether oxygens (including phenoxy) is 1. The van der Waals surface area contributed by atoms with Gasteiger partial charge in [-0.15, -0.1) is 0 Å². The van der Waals surface area contributed by atoms with Crippen molar-refractivity contribution >= 4 is 5.69 Å². The molecule has 0 bridgehead atoms. The molecule has 1 aromatic rings. The van der Waals surface area contributed by atoms with Crippen LogP contribution in [0.5, 0.6) is 0 Å². The second kappa shape index (κ2) is 6.32. The van der Waals surface area contributed by atoms with E-state index in [1.54, 1.807) is 13.3 Å². The van der Waals surface area contributed by atoms with E-state index in [4.69, 9.17) is 16.3 Å². The van der Waals surface area contributed by atoms with Crippen molar-refractivity contribution in [2.45, 2.75) is 50.2 Å². The third kappa shape index (κ3) is 3.05. The number of nitrogen functional groups attached to an aromatic ring is 1. The summed E-state index contributed by atoms with van der Waals surface area (Å²) in [5.74, 6) is 5.77. The molecule has 1 aromatic heterocycles. The number of rotatable bonds is 5. The summed E-state index contributed by atoms with van der Waals surface area (Å²) >= 11 is 0. The van der Waals surface area contributed by atoms with E-state index in [-0.39, 0.29) is 11.6 Å². The number of nitrogens with one attached hydrogen (secondary N) is 1. The van der Waals surface area contributed by atoms with Crippen molar-refractivity contribution in [2.24, 2.45) is 5.84 Å². The van der Waals surface area contributed by atoms with Gasteiger partial charge in [-0.05, 0) is 30.9 Å². The largest absolute Gasteiger partial charge is 0.398 e. The van der Waals surface area contributed by atoms with Gasteiger partial charge in [-0.2, -0.15) is 0 Å². The van der Waals surface area contributed by atoms with Crippen LogP contribution in [0, 0.1) is 0 Å². The number of methoxy groups -OCH3 is 1. The van der Waals surface area contributed by atoms with Crippen molar-refractivity contribution in [3.8, 4) is 0 Å². The average Bonchev–Trinajstić information content (AvgIpc) is 2.47. The van der Waals surface area contributed by atoms with Gasteiger partial charge in [-0.3, -0.25) is 16.3 Å². The summed E-state index contributed by atoms with van der Waals surface area (Å²) < 4.78 is 5.84. The predicted octanol–water partition coefficient (Wildman–Crippen LogP) is 1.39. The Morgan fingerprint density at radius 1 is 1.42 bits per heavy atom. The summed E-state index contributed by atoms with van der Waals surface area (Å²) in [7, 11) is 1.78. The van der Waals surface area contributed by atoms with Crippen molar-refractivity contribution in [1.29, 1.82) is 0 Å². The van der Waals surface area contributed by atoms with Gasteiger partial charge in [0.2, 0.25) is 0 Å². The summed E-state index contributed by atoms with van der Waals surface area (Å²) in [6.07, 6.45) is 9.99. The van der Waals surface area contributed by atoms with E-state index in [2.05, 4.69) is 10.4 Å². The molecule has 1 aliphatic carbocycles. The van der Waals surface area contributed by atoms with Crippen LogP contribution in [0.15, 0.2) is 18.5 Å². The lowest BCUT2D eigenvalue weighted by atomic mass is 9.77. The van der Waals surface area contributed by atoms with Crippen molar-refractivity contribution in [3.05, 3.63) is 24.0 Å². The summed E-state index contributed by atoms with van der Waals surface area (Å²) in [4.78, 5) is 4.14. The maximum Gasteiger partial charge on any atom is 0.0847 e. The number of anilines is 1. The molecular formula is C14H24N4O. The normalized spacial score (nSPS) is 20.1. The van der Waals surface area contributed by atoms with Crippen molar-refractivity contribution in [1.82, 2.24) is 10.4 Å². The monoisotopic (exact) mass is 264 g/mol. The highest BCUT2D eigenvalue weighted by atomic mass is 16.5. The Labute approximate surface area is 114 Å².